The number of sulfonamides is 1. The second-order valence-corrected chi connectivity index (χ2v) is 8.72. The van der Waals surface area contributed by atoms with E-state index in [2.05, 4.69) is 16.5 Å². The third kappa shape index (κ3) is 5.87. The van der Waals surface area contributed by atoms with Gasteiger partial charge in [0, 0.05) is 12.2 Å². The Morgan fingerprint density at radius 1 is 1.07 bits per heavy atom. The van der Waals surface area contributed by atoms with Gasteiger partial charge in [-0.2, -0.15) is 13.2 Å². The van der Waals surface area contributed by atoms with E-state index in [9.17, 15) is 21.6 Å². The molecular weight excluding hydrogens is 425 g/mol. The van der Waals surface area contributed by atoms with Crippen LogP contribution in [0.4, 0.5) is 18.9 Å². The van der Waals surface area contributed by atoms with Gasteiger partial charge in [0.05, 0.1) is 10.5 Å². The maximum Gasteiger partial charge on any atom is 0.416 e. The Labute approximate surface area is 175 Å². The van der Waals surface area contributed by atoms with Gasteiger partial charge in [-0.3, -0.25) is 4.72 Å². The van der Waals surface area contributed by atoms with Gasteiger partial charge < -0.3 is 4.90 Å². The molecule has 1 N–H and O–H groups in total. The molecule has 1 saturated heterocycles. The number of rotatable bonds is 6. The van der Waals surface area contributed by atoms with E-state index < -0.39 is 21.8 Å². The number of hydrogen-bond acceptors (Lipinski definition) is 3. The first kappa shape index (κ1) is 23.5. The predicted molar refractivity (Wildman–Crippen MR) is 110 cm³/mol. The molecule has 9 heteroatoms. The second-order valence-electron chi connectivity index (χ2n) is 7.04. The summed E-state index contributed by atoms with van der Waals surface area (Å²) in [5.41, 5.74) is 0.660. The highest BCUT2D eigenvalue weighted by atomic mass is 35.5. The zero-order valence-corrected chi connectivity index (χ0v) is 17.6. The van der Waals surface area contributed by atoms with Crippen molar-refractivity contribution in [3.8, 4) is 0 Å². The molecule has 1 fully saturated rings. The molecule has 2 aromatic carbocycles. The van der Waals surface area contributed by atoms with Crippen LogP contribution >= 0.6 is 12.4 Å². The lowest BCUT2D eigenvalue weighted by molar-refractivity contribution is -0.137. The highest BCUT2D eigenvalue weighted by Crippen LogP contribution is 2.31. The van der Waals surface area contributed by atoms with E-state index >= 15 is 0 Å². The highest BCUT2D eigenvalue weighted by molar-refractivity contribution is 7.92. The van der Waals surface area contributed by atoms with Crippen LogP contribution in [0.1, 0.15) is 36.8 Å². The number of anilines is 1. The van der Waals surface area contributed by atoms with E-state index in [4.69, 9.17) is 0 Å². The molecule has 0 amide bonds. The van der Waals surface area contributed by atoms with Gasteiger partial charge in [-0.25, -0.2) is 8.42 Å². The van der Waals surface area contributed by atoms with Gasteiger partial charge in [-0.05, 0) is 73.8 Å². The van der Waals surface area contributed by atoms with Crippen molar-refractivity contribution in [2.75, 3.05) is 24.4 Å². The Hall–Kier alpha value is -1.77. The molecule has 0 spiro atoms. The first-order valence-electron chi connectivity index (χ1n) is 9.21. The average Bonchev–Trinajstić information content (AvgIpc) is 3.10. The summed E-state index contributed by atoms with van der Waals surface area (Å²) in [6.07, 6.45) is -2.30. The van der Waals surface area contributed by atoms with Crippen molar-refractivity contribution in [3.63, 3.8) is 0 Å². The summed E-state index contributed by atoms with van der Waals surface area (Å²) in [7, 11) is -3.95. The van der Waals surface area contributed by atoms with Crippen molar-refractivity contribution >= 4 is 28.1 Å². The standard InChI is InChI=1S/C20H23F3N2O2S.ClH/c1-2-12-25-13-11-16(14-25)15-3-7-18(8-4-15)24-28(26,27)19-9-5-17(6-10-19)20(21,22)23;/h3-10,16,24H,2,11-14H2,1H3;1H/t16-;/m1./s1. The Morgan fingerprint density at radius 3 is 2.24 bits per heavy atom. The van der Waals surface area contributed by atoms with Crippen LogP contribution in [0.25, 0.3) is 0 Å². The third-order valence-corrected chi connectivity index (χ3v) is 6.34. The summed E-state index contributed by atoms with van der Waals surface area (Å²) >= 11 is 0. The smallest absolute Gasteiger partial charge is 0.303 e. The normalized spacial score (nSPS) is 17.7. The minimum atomic E-state index is -4.50. The van der Waals surface area contributed by atoms with Gasteiger partial charge in [0.25, 0.3) is 10.0 Å². The number of likely N-dealkylation sites (tertiary alicyclic amines) is 1. The van der Waals surface area contributed by atoms with E-state index in [-0.39, 0.29) is 17.3 Å². The van der Waals surface area contributed by atoms with Crippen LogP contribution in [0.15, 0.2) is 53.4 Å². The summed E-state index contributed by atoms with van der Waals surface area (Å²) in [5, 5.41) is 0. The van der Waals surface area contributed by atoms with Gasteiger partial charge in [-0.1, -0.05) is 19.1 Å². The van der Waals surface area contributed by atoms with E-state index in [1.165, 1.54) is 0 Å². The molecule has 0 aromatic heterocycles. The first-order valence-corrected chi connectivity index (χ1v) is 10.7. The Balaban J connectivity index is 0.00000300. The number of alkyl halides is 3. The monoisotopic (exact) mass is 448 g/mol. The fourth-order valence-electron chi connectivity index (χ4n) is 3.48. The number of nitrogens with zero attached hydrogens (tertiary/aromatic N) is 1. The van der Waals surface area contributed by atoms with Crippen molar-refractivity contribution in [1.29, 1.82) is 0 Å². The molecular formula is C20H24ClF3N2O2S. The lowest BCUT2D eigenvalue weighted by Gasteiger charge is -2.15. The van der Waals surface area contributed by atoms with Gasteiger partial charge in [-0.15, -0.1) is 12.4 Å². The van der Waals surface area contributed by atoms with Crippen LogP contribution in [-0.4, -0.2) is 33.0 Å². The molecule has 0 radical (unpaired) electrons. The Kier molecular flexibility index (Phi) is 7.59. The molecule has 1 atom stereocenters. The van der Waals surface area contributed by atoms with E-state index in [0.717, 1.165) is 62.3 Å². The Morgan fingerprint density at radius 2 is 1.69 bits per heavy atom. The highest BCUT2D eigenvalue weighted by Gasteiger charge is 2.30. The summed E-state index contributed by atoms with van der Waals surface area (Å²) in [6.45, 7) is 5.32. The van der Waals surface area contributed by atoms with Crippen LogP contribution in [-0.2, 0) is 16.2 Å². The maximum absolute atomic E-state index is 12.6. The third-order valence-electron chi connectivity index (χ3n) is 4.94. The first-order chi connectivity index (χ1) is 13.2. The fraction of sp³-hybridized carbons (Fsp3) is 0.400. The fourth-order valence-corrected chi connectivity index (χ4v) is 4.54. The zero-order chi connectivity index (χ0) is 20.4. The number of nitrogens with one attached hydrogen (secondary N) is 1. The minimum absolute atomic E-state index is 0. The van der Waals surface area contributed by atoms with Crippen molar-refractivity contribution < 1.29 is 21.6 Å². The average molecular weight is 449 g/mol. The van der Waals surface area contributed by atoms with Gasteiger partial charge >= 0.3 is 6.18 Å². The second kappa shape index (κ2) is 9.36. The van der Waals surface area contributed by atoms with E-state index in [1.54, 1.807) is 12.1 Å². The summed E-state index contributed by atoms with van der Waals surface area (Å²) < 4.78 is 65.1. The zero-order valence-electron chi connectivity index (χ0n) is 15.9. The molecule has 4 nitrogen and oxygen atoms in total. The molecule has 1 aliphatic heterocycles. The maximum atomic E-state index is 12.6. The molecule has 0 bridgehead atoms. The van der Waals surface area contributed by atoms with Crippen molar-refractivity contribution in [2.45, 2.75) is 36.8 Å². The van der Waals surface area contributed by atoms with Crippen LogP contribution in [0, 0.1) is 0 Å². The minimum Gasteiger partial charge on any atom is -0.303 e. The summed E-state index contributed by atoms with van der Waals surface area (Å²) in [5.74, 6) is 0.437. The van der Waals surface area contributed by atoms with Crippen molar-refractivity contribution in [3.05, 3.63) is 59.7 Å². The lowest BCUT2D eigenvalue weighted by Crippen LogP contribution is -2.20. The molecule has 1 aliphatic rings. The van der Waals surface area contributed by atoms with E-state index in [0.29, 0.717) is 11.6 Å². The van der Waals surface area contributed by atoms with Crippen LogP contribution in [0.2, 0.25) is 0 Å². The lowest BCUT2D eigenvalue weighted by atomic mass is 9.98. The topological polar surface area (TPSA) is 49.4 Å². The molecule has 0 unspecified atom stereocenters. The number of halogens is 4. The van der Waals surface area contributed by atoms with E-state index in [1.807, 2.05) is 12.1 Å². The molecule has 0 aliphatic carbocycles. The molecule has 0 saturated carbocycles. The molecule has 29 heavy (non-hydrogen) atoms. The summed E-state index contributed by atoms with van der Waals surface area (Å²) in [4.78, 5) is 2.21. The summed E-state index contributed by atoms with van der Waals surface area (Å²) in [6, 6.07) is 10.6. The van der Waals surface area contributed by atoms with Gasteiger partial charge in [0.2, 0.25) is 0 Å². The SMILES string of the molecule is CCCN1CC[C@@H](c2ccc(NS(=O)(=O)c3ccc(C(F)(F)F)cc3)cc2)C1.Cl. The Bertz CT molecular complexity index is 901. The van der Waals surface area contributed by atoms with Crippen LogP contribution in [0.3, 0.4) is 0 Å². The quantitative estimate of drug-likeness (QED) is 0.666. The van der Waals surface area contributed by atoms with Crippen molar-refractivity contribution in [1.82, 2.24) is 4.90 Å². The van der Waals surface area contributed by atoms with Gasteiger partial charge in [0.1, 0.15) is 0 Å². The molecule has 2 aromatic rings. The van der Waals surface area contributed by atoms with Crippen LogP contribution < -0.4 is 4.72 Å². The van der Waals surface area contributed by atoms with Crippen molar-refractivity contribution in [2.24, 2.45) is 0 Å². The van der Waals surface area contributed by atoms with Gasteiger partial charge in [0.15, 0.2) is 0 Å². The number of hydrogen-bond donors (Lipinski definition) is 1. The molecule has 160 valence electrons. The number of benzene rings is 2. The predicted octanol–water partition coefficient (Wildman–Crippen LogP) is 5.13. The molecule has 1 heterocycles. The largest absolute Gasteiger partial charge is 0.416 e. The molecule has 3 rings (SSSR count). The van der Waals surface area contributed by atoms with Crippen LogP contribution in [0.5, 0.6) is 0 Å².